The van der Waals surface area contributed by atoms with Crippen LogP contribution in [-0.2, 0) is 0 Å². The Hall–Kier alpha value is -2.33. The van der Waals surface area contributed by atoms with Gasteiger partial charge in [0.15, 0.2) is 0 Å². The Labute approximate surface area is 121 Å². The number of halogens is 1. The van der Waals surface area contributed by atoms with Gasteiger partial charge in [-0.15, -0.1) is 0 Å². The van der Waals surface area contributed by atoms with Crippen molar-refractivity contribution in [2.75, 3.05) is 0 Å². The van der Waals surface area contributed by atoms with Crippen LogP contribution in [-0.4, -0.2) is 17.2 Å². The summed E-state index contributed by atoms with van der Waals surface area (Å²) < 4.78 is 0. The lowest BCUT2D eigenvalue weighted by atomic mass is 10.2. The summed E-state index contributed by atoms with van der Waals surface area (Å²) in [5.74, 6) is -0.678. The van der Waals surface area contributed by atoms with Gasteiger partial charge in [-0.05, 0) is 30.7 Å². The van der Waals surface area contributed by atoms with E-state index in [1.54, 1.807) is 0 Å². The van der Waals surface area contributed by atoms with Crippen LogP contribution in [0, 0.1) is 6.92 Å². The third-order valence-corrected chi connectivity index (χ3v) is 2.90. The van der Waals surface area contributed by atoms with Crippen molar-refractivity contribution in [3.05, 3.63) is 64.2 Å². The zero-order chi connectivity index (χ0) is 14.5. The van der Waals surface area contributed by atoms with Crippen LogP contribution < -0.4 is 5.43 Å². The van der Waals surface area contributed by atoms with Gasteiger partial charge >= 0.3 is 0 Å². The molecule has 5 heteroatoms. The van der Waals surface area contributed by atoms with Gasteiger partial charge in [0.2, 0.25) is 0 Å². The summed E-state index contributed by atoms with van der Waals surface area (Å²) in [6.07, 6.45) is 1.53. The Morgan fingerprint density at radius 3 is 2.60 bits per heavy atom. The maximum atomic E-state index is 11.8. The van der Waals surface area contributed by atoms with Crippen LogP contribution in [0.2, 0.25) is 5.02 Å². The molecule has 0 aliphatic carbocycles. The maximum absolute atomic E-state index is 11.8. The molecule has 20 heavy (non-hydrogen) atoms. The number of hydrazone groups is 1. The highest BCUT2D eigenvalue weighted by Crippen LogP contribution is 2.21. The number of hydrogen-bond donors (Lipinski definition) is 2. The second kappa shape index (κ2) is 6.21. The van der Waals surface area contributed by atoms with E-state index in [2.05, 4.69) is 10.5 Å². The number of carbonyl (C=O) groups excluding carboxylic acids is 1. The third-order valence-electron chi connectivity index (χ3n) is 2.66. The van der Waals surface area contributed by atoms with Crippen LogP contribution in [0.3, 0.4) is 0 Å². The molecule has 0 aromatic heterocycles. The smallest absolute Gasteiger partial charge is 0.275 e. The average Bonchev–Trinajstić information content (AvgIpc) is 2.41. The first-order chi connectivity index (χ1) is 9.56. The van der Waals surface area contributed by atoms with Crippen molar-refractivity contribution in [1.82, 2.24) is 5.43 Å². The number of aromatic hydroxyl groups is 1. The topological polar surface area (TPSA) is 61.7 Å². The Balaban J connectivity index is 2.03. The Morgan fingerprint density at radius 2 is 1.95 bits per heavy atom. The Bertz CT molecular complexity index is 651. The number of phenols is 1. The summed E-state index contributed by atoms with van der Waals surface area (Å²) in [5, 5.41) is 13.8. The van der Waals surface area contributed by atoms with Crippen LogP contribution in [0.25, 0.3) is 0 Å². The molecule has 2 aromatic rings. The highest BCUT2D eigenvalue weighted by Gasteiger charge is 2.10. The van der Waals surface area contributed by atoms with Crippen molar-refractivity contribution in [2.45, 2.75) is 6.92 Å². The minimum atomic E-state index is -0.498. The molecule has 0 aliphatic heterocycles. The Morgan fingerprint density at radius 1 is 1.25 bits per heavy atom. The van der Waals surface area contributed by atoms with E-state index in [1.807, 2.05) is 31.2 Å². The number of carbonyl (C=O) groups is 1. The Kier molecular flexibility index (Phi) is 4.38. The molecule has 0 bridgehead atoms. The van der Waals surface area contributed by atoms with Crippen molar-refractivity contribution in [1.29, 1.82) is 0 Å². The largest absolute Gasteiger partial charge is 0.507 e. The summed E-state index contributed by atoms with van der Waals surface area (Å²) in [4.78, 5) is 11.8. The normalized spacial score (nSPS) is 10.7. The molecule has 102 valence electrons. The third kappa shape index (κ3) is 3.59. The van der Waals surface area contributed by atoms with Crippen LogP contribution in [0.5, 0.6) is 5.75 Å². The molecule has 2 N–H and O–H groups in total. The standard InChI is InChI=1S/C15H13ClN2O2/c1-10-2-4-11(5-3-10)9-17-18-15(20)13-7-6-12(16)8-14(13)19/h2-9,19H,1H3,(H,18,20)/b17-9+. The van der Waals surface area contributed by atoms with Crippen molar-refractivity contribution >= 4 is 23.7 Å². The summed E-state index contributed by atoms with van der Waals surface area (Å²) in [6.45, 7) is 1.99. The molecule has 2 aromatic carbocycles. The fraction of sp³-hybridized carbons (Fsp3) is 0.0667. The molecule has 0 radical (unpaired) electrons. The second-order valence-corrected chi connectivity index (χ2v) is 4.71. The van der Waals surface area contributed by atoms with E-state index in [4.69, 9.17) is 11.6 Å². The van der Waals surface area contributed by atoms with E-state index < -0.39 is 5.91 Å². The fourth-order valence-corrected chi connectivity index (χ4v) is 1.74. The first kappa shape index (κ1) is 14.1. The number of amides is 1. The molecule has 0 fully saturated rings. The van der Waals surface area contributed by atoms with E-state index in [-0.39, 0.29) is 11.3 Å². The number of nitrogens with zero attached hydrogens (tertiary/aromatic N) is 1. The lowest BCUT2D eigenvalue weighted by Gasteiger charge is -2.03. The van der Waals surface area contributed by atoms with E-state index in [1.165, 1.54) is 24.4 Å². The summed E-state index contributed by atoms with van der Waals surface area (Å²) >= 11 is 5.70. The minimum absolute atomic E-state index is 0.121. The molecule has 0 saturated carbocycles. The monoisotopic (exact) mass is 288 g/mol. The van der Waals surface area contributed by atoms with Gasteiger partial charge in [0.1, 0.15) is 5.75 Å². The molecule has 0 atom stereocenters. The summed E-state index contributed by atoms with van der Waals surface area (Å²) in [7, 11) is 0. The zero-order valence-corrected chi connectivity index (χ0v) is 11.6. The van der Waals surface area contributed by atoms with E-state index in [0.29, 0.717) is 5.02 Å². The molecular weight excluding hydrogens is 276 g/mol. The number of benzene rings is 2. The molecule has 0 heterocycles. The quantitative estimate of drug-likeness (QED) is 0.673. The van der Waals surface area contributed by atoms with Crippen LogP contribution in [0.4, 0.5) is 0 Å². The highest BCUT2D eigenvalue weighted by atomic mass is 35.5. The fourth-order valence-electron chi connectivity index (χ4n) is 1.57. The molecule has 1 amide bonds. The zero-order valence-electron chi connectivity index (χ0n) is 10.8. The average molecular weight is 289 g/mol. The van der Waals surface area contributed by atoms with Crippen molar-refractivity contribution in [3.8, 4) is 5.75 Å². The van der Waals surface area contributed by atoms with Crippen molar-refractivity contribution in [3.63, 3.8) is 0 Å². The van der Waals surface area contributed by atoms with Gasteiger partial charge in [-0.25, -0.2) is 5.43 Å². The molecule has 0 spiro atoms. The van der Waals surface area contributed by atoms with Gasteiger partial charge in [-0.1, -0.05) is 41.4 Å². The second-order valence-electron chi connectivity index (χ2n) is 4.27. The maximum Gasteiger partial charge on any atom is 0.275 e. The van der Waals surface area contributed by atoms with Crippen LogP contribution in [0.15, 0.2) is 47.6 Å². The lowest BCUT2D eigenvalue weighted by Crippen LogP contribution is -2.17. The van der Waals surface area contributed by atoms with E-state index in [9.17, 15) is 9.90 Å². The van der Waals surface area contributed by atoms with Crippen molar-refractivity contribution < 1.29 is 9.90 Å². The molecule has 0 unspecified atom stereocenters. The number of nitrogens with one attached hydrogen (secondary N) is 1. The predicted molar refractivity (Wildman–Crippen MR) is 79.4 cm³/mol. The summed E-state index contributed by atoms with van der Waals surface area (Å²) in [6, 6.07) is 12.0. The van der Waals surface area contributed by atoms with Gasteiger partial charge in [0, 0.05) is 5.02 Å². The SMILES string of the molecule is Cc1ccc(/C=N/NC(=O)c2ccc(Cl)cc2O)cc1. The van der Waals surface area contributed by atoms with Gasteiger partial charge in [0.25, 0.3) is 5.91 Å². The molecule has 2 rings (SSSR count). The number of hydrogen-bond acceptors (Lipinski definition) is 3. The summed E-state index contributed by atoms with van der Waals surface area (Å²) in [5.41, 5.74) is 4.49. The van der Waals surface area contributed by atoms with Gasteiger partial charge in [0.05, 0.1) is 11.8 Å². The molecule has 4 nitrogen and oxygen atoms in total. The van der Waals surface area contributed by atoms with E-state index in [0.717, 1.165) is 11.1 Å². The number of aryl methyl sites for hydroxylation is 1. The molecule has 0 aliphatic rings. The number of phenolic OH excluding ortho intramolecular Hbond substituents is 1. The van der Waals surface area contributed by atoms with Gasteiger partial charge in [-0.3, -0.25) is 4.79 Å². The van der Waals surface area contributed by atoms with Crippen molar-refractivity contribution in [2.24, 2.45) is 5.10 Å². The molecular formula is C15H13ClN2O2. The van der Waals surface area contributed by atoms with Crippen LogP contribution in [0.1, 0.15) is 21.5 Å². The van der Waals surface area contributed by atoms with Gasteiger partial charge < -0.3 is 5.11 Å². The number of rotatable bonds is 3. The van der Waals surface area contributed by atoms with Crippen LogP contribution >= 0.6 is 11.6 Å². The first-order valence-corrected chi connectivity index (χ1v) is 6.32. The van der Waals surface area contributed by atoms with E-state index >= 15 is 0 Å². The first-order valence-electron chi connectivity index (χ1n) is 5.95. The minimum Gasteiger partial charge on any atom is -0.507 e. The highest BCUT2D eigenvalue weighted by molar-refractivity contribution is 6.30. The predicted octanol–water partition coefficient (Wildman–Crippen LogP) is 3.12. The van der Waals surface area contributed by atoms with Gasteiger partial charge in [-0.2, -0.15) is 5.10 Å². The molecule has 0 saturated heterocycles. The lowest BCUT2D eigenvalue weighted by molar-refractivity contribution is 0.0952.